The van der Waals surface area contributed by atoms with Crippen molar-refractivity contribution in [3.05, 3.63) is 63.0 Å². The highest BCUT2D eigenvalue weighted by Crippen LogP contribution is 2.40. The Balaban J connectivity index is 1.55. The molecule has 1 saturated carbocycles. The second-order valence-corrected chi connectivity index (χ2v) is 11.5. The predicted octanol–water partition coefficient (Wildman–Crippen LogP) is 5.51. The van der Waals surface area contributed by atoms with Crippen LogP contribution in [0.15, 0.2) is 29.3 Å². The maximum Gasteiger partial charge on any atom is 0.308 e. The second-order valence-electron chi connectivity index (χ2n) is 10.3. The first-order chi connectivity index (χ1) is 17.2. The fourth-order valence-electron chi connectivity index (χ4n) is 5.11. The number of thiophene rings is 1. The lowest BCUT2D eigenvalue weighted by Gasteiger charge is -2.25. The largest absolute Gasteiger partial charge is 0.462 e. The number of hydrogen-bond donors (Lipinski definition) is 1. The van der Waals surface area contributed by atoms with Gasteiger partial charge in [0.15, 0.2) is 5.82 Å². The number of hydrogen-bond acceptors (Lipinski definition) is 7. The quantitative estimate of drug-likeness (QED) is 0.461. The highest BCUT2D eigenvalue weighted by Gasteiger charge is 2.33. The van der Waals surface area contributed by atoms with Crippen molar-refractivity contribution in [2.45, 2.75) is 90.9 Å². The van der Waals surface area contributed by atoms with E-state index in [1.807, 2.05) is 6.92 Å². The van der Waals surface area contributed by atoms with E-state index in [0.29, 0.717) is 37.4 Å². The highest BCUT2D eigenvalue weighted by molar-refractivity contribution is 7.15. The maximum absolute atomic E-state index is 13.1. The monoisotopic (exact) mass is 506 g/mol. The zero-order valence-electron chi connectivity index (χ0n) is 21.6. The van der Waals surface area contributed by atoms with Crippen molar-refractivity contribution in [1.82, 2.24) is 14.8 Å². The van der Waals surface area contributed by atoms with E-state index in [2.05, 4.69) is 66.7 Å². The molecule has 5 rings (SSSR count). The minimum Gasteiger partial charge on any atom is -0.462 e. The zero-order chi connectivity index (χ0) is 25.6. The number of aliphatic hydroxyl groups is 1. The third-order valence-corrected chi connectivity index (χ3v) is 8.58. The van der Waals surface area contributed by atoms with Gasteiger partial charge in [-0.15, -0.1) is 21.5 Å². The lowest BCUT2D eigenvalue weighted by Crippen LogP contribution is -2.27. The summed E-state index contributed by atoms with van der Waals surface area (Å²) in [5.74, 6) is 1.60. The van der Waals surface area contributed by atoms with Crippen LogP contribution in [0.25, 0.3) is 5.00 Å². The summed E-state index contributed by atoms with van der Waals surface area (Å²) in [6, 6.07) is 8.08. The SMILES string of the molecule is Cc1sc2c(c1C)C(c1ccc(C(C)C)cc1)=N[C@@H](CC(=O)OC1CCC(O)CC1)c1nnc(C)n1-2. The molecule has 0 amide bonds. The maximum atomic E-state index is 13.1. The number of esters is 1. The molecule has 2 aromatic heterocycles. The number of aliphatic hydroxyl groups excluding tert-OH is 1. The molecule has 1 fully saturated rings. The Morgan fingerprint density at radius 2 is 1.81 bits per heavy atom. The number of nitrogens with zero attached hydrogens (tertiary/aromatic N) is 4. The van der Waals surface area contributed by atoms with Crippen LogP contribution in [0.4, 0.5) is 0 Å². The van der Waals surface area contributed by atoms with Crippen LogP contribution >= 0.6 is 11.3 Å². The summed E-state index contributed by atoms with van der Waals surface area (Å²) >= 11 is 1.71. The molecule has 1 atom stereocenters. The first-order valence-electron chi connectivity index (χ1n) is 12.8. The summed E-state index contributed by atoms with van der Waals surface area (Å²) in [4.78, 5) is 19.5. The molecule has 0 saturated heterocycles. The first kappa shape index (κ1) is 24.8. The third-order valence-electron chi connectivity index (χ3n) is 7.39. The zero-order valence-corrected chi connectivity index (χ0v) is 22.4. The fraction of sp³-hybridized carbons (Fsp3) is 0.500. The van der Waals surface area contributed by atoms with Crippen LogP contribution in [-0.2, 0) is 9.53 Å². The molecule has 190 valence electrons. The molecule has 2 aliphatic rings. The molecule has 1 N–H and O–H groups in total. The van der Waals surface area contributed by atoms with Crippen molar-refractivity contribution in [2.75, 3.05) is 0 Å². The van der Waals surface area contributed by atoms with Crippen molar-refractivity contribution in [1.29, 1.82) is 0 Å². The summed E-state index contributed by atoms with van der Waals surface area (Å²) in [5, 5.41) is 19.7. The molecule has 36 heavy (non-hydrogen) atoms. The van der Waals surface area contributed by atoms with Crippen LogP contribution in [-0.4, -0.2) is 43.8 Å². The molecular formula is C28H34N4O3S. The molecule has 1 aliphatic carbocycles. The predicted molar refractivity (Wildman–Crippen MR) is 141 cm³/mol. The second kappa shape index (κ2) is 9.90. The van der Waals surface area contributed by atoms with Gasteiger partial charge in [0, 0.05) is 16.0 Å². The van der Waals surface area contributed by atoms with Gasteiger partial charge in [-0.25, -0.2) is 0 Å². The number of aliphatic imine (C=N–C) groups is 1. The van der Waals surface area contributed by atoms with Crippen molar-refractivity contribution >= 4 is 23.0 Å². The van der Waals surface area contributed by atoms with Crippen molar-refractivity contribution in [3.63, 3.8) is 0 Å². The van der Waals surface area contributed by atoms with Crippen LogP contribution in [0.2, 0.25) is 0 Å². The number of aryl methyl sites for hydroxylation is 2. The lowest BCUT2D eigenvalue weighted by atomic mass is 9.95. The summed E-state index contributed by atoms with van der Waals surface area (Å²) in [6.45, 7) is 10.6. The number of ether oxygens (including phenoxy) is 1. The number of carbonyl (C=O) groups excluding carboxylic acids is 1. The molecule has 3 heterocycles. The fourth-order valence-corrected chi connectivity index (χ4v) is 6.32. The number of fused-ring (bicyclic) bond motifs is 3. The van der Waals surface area contributed by atoms with Crippen LogP contribution in [0.1, 0.15) is 96.7 Å². The van der Waals surface area contributed by atoms with Crippen LogP contribution < -0.4 is 0 Å². The molecule has 0 radical (unpaired) electrons. The molecular weight excluding hydrogens is 472 g/mol. The van der Waals surface area contributed by atoms with Crippen LogP contribution in [0.5, 0.6) is 0 Å². The van der Waals surface area contributed by atoms with E-state index >= 15 is 0 Å². The normalized spacial score (nSPS) is 21.5. The smallest absolute Gasteiger partial charge is 0.308 e. The Bertz CT molecular complexity index is 1300. The average Bonchev–Trinajstić information content (AvgIpc) is 3.32. The van der Waals surface area contributed by atoms with E-state index < -0.39 is 6.04 Å². The molecule has 0 bridgehead atoms. The summed E-state index contributed by atoms with van der Waals surface area (Å²) in [5.41, 5.74) is 5.45. The van der Waals surface area contributed by atoms with Gasteiger partial charge in [0.2, 0.25) is 0 Å². The lowest BCUT2D eigenvalue weighted by molar-refractivity contribution is -0.152. The van der Waals surface area contributed by atoms with Gasteiger partial charge in [0.1, 0.15) is 23.0 Å². The Hall–Kier alpha value is -2.84. The van der Waals surface area contributed by atoms with E-state index in [4.69, 9.17) is 9.73 Å². The molecule has 7 nitrogen and oxygen atoms in total. The van der Waals surface area contributed by atoms with Crippen molar-refractivity contribution in [3.8, 4) is 5.00 Å². The van der Waals surface area contributed by atoms with Gasteiger partial charge < -0.3 is 9.84 Å². The molecule has 3 aromatic rings. The van der Waals surface area contributed by atoms with Crippen LogP contribution in [0.3, 0.4) is 0 Å². The Labute approximate surface area is 216 Å². The minimum absolute atomic E-state index is 0.0950. The van der Waals surface area contributed by atoms with Gasteiger partial charge in [0.25, 0.3) is 0 Å². The Morgan fingerprint density at radius 3 is 2.47 bits per heavy atom. The van der Waals surface area contributed by atoms with Gasteiger partial charge in [-0.2, -0.15) is 0 Å². The van der Waals surface area contributed by atoms with Crippen LogP contribution in [0, 0.1) is 20.8 Å². The van der Waals surface area contributed by atoms with E-state index in [1.54, 1.807) is 11.3 Å². The van der Waals surface area contributed by atoms with E-state index in [9.17, 15) is 9.90 Å². The number of rotatable bonds is 5. The highest BCUT2D eigenvalue weighted by atomic mass is 32.1. The van der Waals surface area contributed by atoms with Gasteiger partial charge in [0.05, 0.1) is 18.2 Å². The Morgan fingerprint density at radius 1 is 1.11 bits per heavy atom. The number of carbonyl (C=O) groups is 1. The Kier molecular flexibility index (Phi) is 6.83. The summed E-state index contributed by atoms with van der Waals surface area (Å²) in [7, 11) is 0. The van der Waals surface area contributed by atoms with Gasteiger partial charge in [-0.05, 0) is 63.5 Å². The minimum atomic E-state index is -0.507. The number of aromatic nitrogens is 3. The van der Waals surface area contributed by atoms with E-state index in [1.165, 1.54) is 16.0 Å². The van der Waals surface area contributed by atoms with Crippen molar-refractivity contribution in [2.24, 2.45) is 4.99 Å². The van der Waals surface area contributed by atoms with Gasteiger partial charge in [-0.1, -0.05) is 38.1 Å². The third kappa shape index (κ3) is 4.64. The van der Waals surface area contributed by atoms with Gasteiger partial charge in [-0.3, -0.25) is 14.4 Å². The molecule has 8 heteroatoms. The van der Waals surface area contributed by atoms with E-state index in [-0.39, 0.29) is 24.6 Å². The molecule has 0 spiro atoms. The van der Waals surface area contributed by atoms with E-state index in [0.717, 1.165) is 27.7 Å². The standard InChI is InChI=1S/C28H34N4O3S/c1-15(2)19-6-8-20(9-7-19)26-25-16(3)17(4)36-28(25)32-18(5)30-31-27(32)23(29-26)14-24(34)35-22-12-10-21(33)11-13-22/h6-9,15,21-23,33H,10-14H2,1-5H3/t21?,22?,23-/m0/s1. The van der Waals surface area contributed by atoms with Gasteiger partial charge >= 0.3 is 5.97 Å². The summed E-state index contributed by atoms with van der Waals surface area (Å²) in [6.07, 6.45) is 2.38. The molecule has 0 unspecified atom stereocenters. The summed E-state index contributed by atoms with van der Waals surface area (Å²) < 4.78 is 7.88. The topological polar surface area (TPSA) is 89.6 Å². The molecule has 1 aliphatic heterocycles. The number of benzene rings is 1. The molecule has 1 aromatic carbocycles. The van der Waals surface area contributed by atoms with Crippen molar-refractivity contribution < 1.29 is 14.6 Å². The average molecular weight is 507 g/mol. The first-order valence-corrected chi connectivity index (χ1v) is 13.6.